The lowest BCUT2D eigenvalue weighted by Gasteiger charge is -2.43. The maximum atomic E-state index is 13.4. The summed E-state index contributed by atoms with van der Waals surface area (Å²) in [7, 11) is 0. The number of carbonyl (C=O) groups excluding carboxylic acids is 3. The number of hydrogen-bond acceptors (Lipinski definition) is 12. The fraction of sp³-hybridized carbons (Fsp3) is 0.265. The van der Waals surface area contributed by atoms with E-state index in [4.69, 9.17) is 19.4 Å². The third-order valence-electron chi connectivity index (χ3n) is 15.8. The van der Waals surface area contributed by atoms with Gasteiger partial charge in [-0.25, -0.2) is 29.5 Å². The Morgan fingerprint density at radius 3 is 1.36 bits per heavy atom. The molecule has 13 rings (SSSR count). The minimum atomic E-state index is -0.959. The number of carboxylic acid groups (broad SMARTS) is 1. The van der Waals surface area contributed by atoms with Crippen molar-refractivity contribution in [3.8, 4) is 56.7 Å². The molecule has 4 aromatic heterocycles. The lowest BCUT2D eigenvalue weighted by molar-refractivity contribution is -0.136. The number of para-hydroxylation sites is 3. The number of nitrogens with one attached hydrogen (secondary N) is 5. The molecule has 9 aromatic rings. The number of imidazole rings is 2. The summed E-state index contributed by atoms with van der Waals surface area (Å²) in [5, 5.41) is 25.9. The predicted octanol–water partition coefficient (Wildman–Crippen LogP) is 13.9. The van der Waals surface area contributed by atoms with Crippen LogP contribution in [0, 0.1) is 0 Å². The highest BCUT2D eigenvalue weighted by Crippen LogP contribution is 2.47. The van der Waals surface area contributed by atoms with Gasteiger partial charge in [0.2, 0.25) is 5.91 Å². The Kier molecular flexibility index (Phi) is 14.7. The van der Waals surface area contributed by atoms with Crippen molar-refractivity contribution in [1.82, 2.24) is 39.7 Å². The van der Waals surface area contributed by atoms with E-state index in [1.54, 1.807) is 12.4 Å². The third-order valence-corrected chi connectivity index (χ3v) is 15.8. The monoisotopic (exact) mass is 1150 g/mol. The Morgan fingerprint density at radius 2 is 0.953 bits per heavy atom. The maximum absolute atomic E-state index is 13.4. The smallest absolute Gasteiger partial charge is 0.408 e. The van der Waals surface area contributed by atoms with E-state index in [1.807, 2.05) is 174 Å². The SMILES string of the molecule is CC(C)(C)OC(=O)NC1(c2ccc(-c3c(CC(=O)Nc4ccccc4)nc4n3-c3cccnc3Nc3ccccc3-4)cc2)CCC1.CC(C)(C)OC(=O)NC1(c2ccc(-c3c(CC(=O)O)nc4n3-c3cccnc3Nc3ccccc3-4)cc2)CCC1. The lowest BCUT2D eigenvalue weighted by Crippen LogP contribution is -2.52. The van der Waals surface area contributed by atoms with Crippen LogP contribution in [0.15, 0.2) is 164 Å². The first-order valence-corrected chi connectivity index (χ1v) is 29.0. The number of benzene rings is 5. The summed E-state index contributed by atoms with van der Waals surface area (Å²) in [4.78, 5) is 70.1. The fourth-order valence-corrected chi connectivity index (χ4v) is 11.7. The normalized spacial score (nSPS) is 14.6. The number of anilines is 5. The van der Waals surface area contributed by atoms with Crippen molar-refractivity contribution < 1.29 is 33.8 Å². The van der Waals surface area contributed by atoms with E-state index in [0.717, 1.165) is 112 Å². The molecule has 18 heteroatoms. The number of carbonyl (C=O) groups is 4. The van der Waals surface area contributed by atoms with E-state index in [-0.39, 0.29) is 18.7 Å². The summed E-state index contributed by atoms with van der Waals surface area (Å²) < 4.78 is 15.2. The average molecular weight is 1150 g/mol. The minimum absolute atomic E-state index is 0.0707. The third kappa shape index (κ3) is 11.4. The Morgan fingerprint density at radius 1 is 0.535 bits per heavy atom. The number of aliphatic carboxylic acids is 1. The number of hydrogen-bond donors (Lipinski definition) is 6. The molecule has 0 radical (unpaired) electrons. The van der Waals surface area contributed by atoms with Gasteiger partial charge in [-0.2, -0.15) is 0 Å². The number of amides is 3. The zero-order valence-electron chi connectivity index (χ0n) is 48.8. The summed E-state index contributed by atoms with van der Waals surface area (Å²) >= 11 is 0. The quantitative estimate of drug-likeness (QED) is 0.0709. The fourth-order valence-electron chi connectivity index (χ4n) is 11.7. The van der Waals surface area contributed by atoms with Crippen molar-refractivity contribution in [3.05, 3.63) is 187 Å². The van der Waals surface area contributed by atoms with Gasteiger partial charge in [-0.05, 0) is 152 Å². The van der Waals surface area contributed by atoms with Crippen molar-refractivity contribution in [2.75, 3.05) is 16.0 Å². The molecule has 436 valence electrons. The van der Waals surface area contributed by atoms with Crippen molar-refractivity contribution in [2.45, 2.75) is 115 Å². The summed E-state index contributed by atoms with van der Waals surface area (Å²) in [6, 6.07) is 49.1. The van der Waals surface area contributed by atoms with Crippen LogP contribution in [0.5, 0.6) is 0 Å². The molecule has 6 N–H and O–H groups in total. The van der Waals surface area contributed by atoms with Gasteiger partial charge in [-0.3, -0.25) is 18.7 Å². The average Bonchev–Trinajstić information content (AvgIpc) is 1.58. The van der Waals surface area contributed by atoms with Crippen LogP contribution in [0.4, 0.5) is 38.3 Å². The zero-order valence-corrected chi connectivity index (χ0v) is 48.8. The second-order valence-electron chi connectivity index (χ2n) is 24.2. The molecule has 18 nitrogen and oxygen atoms in total. The maximum Gasteiger partial charge on any atom is 0.408 e. The van der Waals surface area contributed by atoms with E-state index < -0.39 is 40.4 Å². The van der Waals surface area contributed by atoms with E-state index in [0.29, 0.717) is 34.5 Å². The largest absolute Gasteiger partial charge is 0.481 e. The summed E-state index contributed by atoms with van der Waals surface area (Å²) in [5.74, 6) is 1.59. The molecule has 0 unspecified atom stereocenters. The van der Waals surface area contributed by atoms with Gasteiger partial charge in [-0.15, -0.1) is 0 Å². The molecule has 2 aliphatic heterocycles. The van der Waals surface area contributed by atoms with Crippen molar-refractivity contribution in [2.24, 2.45) is 0 Å². The molecule has 0 bridgehead atoms. The Labute approximate surface area is 498 Å². The number of nitrogens with zero attached hydrogens (tertiary/aromatic N) is 6. The van der Waals surface area contributed by atoms with Crippen LogP contribution in [-0.2, 0) is 43.0 Å². The minimum Gasteiger partial charge on any atom is -0.481 e. The zero-order chi connectivity index (χ0) is 60.0. The van der Waals surface area contributed by atoms with Crippen LogP contribution in [-0.4, -0.2) is 69.4 Å². The number of rotatable bonds is 11. The molecule has 2 saturated carbocycles. The van der Waals surface area contributed by atoms with E-state index in [1.165, 1.54) is 0 Å². The second kappa shape index (κ2) is 22.5. The molecule has 6 heterocycles. The molecule has 86 heavy (non-hydrogen) atoms. The molecule has 0 saturated heterocycles. The number of carboxylic acids is 1. The highest BCUT2D eigenvalue weighted by atomic mass is 16.6. The second-order valence-corrected chi connectivity index (χ2v) is 24.2. The Bertz CT molecular complexity index is 4060. The molecular weight excluding hydrogens is 1080 g/mol. The highest BCUT2D eigenvalue weighted by Gasteiger charge is 2.43. The van der Waals surface area contributed by atoms with Gasteiger partial charge in [0, 0.05) is 40.3 Å². The number of fused-ring (bicyclic) bond motifs is 10. The van der Waals surface area contributed by atoms with E-state index in [2.05, 4.69) is 65.4 Å². The molecule has 5 aromatic carbocycles. The van der Waals surface area contributed by atoms with Gasteiger partial charge >= 0.3 is 18.2 Å². The number of pyridine rings is 2. The Balaban J connectivity index is 0.000000170. The van der Waals surface area contributed by atoms with Gasteiger partial charge in [-0.1, -0.05) is 91.0 Å². The van der Waals surface area contributed by atoms with Crippen LogP contribution in [0.1, 0.15) is 103 Å². The summed E-state index contributed by atoms with van der Waals surface area (Å²) in [5.41, 5.74) is 10.0. The van der Waals surface area contributed by atoms with Crippen LogP contribution in [0.3, 0.4) is 0 Å². The number of ether oxygens (including phenoxy) is 2. The number of alkyl carbamates (subject to hydrolysis) is 2. The first-order chi connectivity index (χ1) is 41.3. The standard InChI is InChI=1S/C37H36N6O3.C31H31N5O4/c1-36(2,3)46-35(45)42-37(20-10-21-37)25-18-16-24(17-19-25)32-29(23-31(44)39-26-11-5-4-6-12-26)41-34-27-13-7-8-14-28(27)40-33-30(43(32)34)15-9-22-38-33;1-30(2,3)40-29(39)35-31(15-7-16-31)20-13-11-19(12-14-20)26-23(18-25(37)38)34-28-21-8-4-5-9-22(21)33-27-24(36(26)28)10-6-17-32-27/h4-9,11-19,22H,10,20-21,23H2,1-3H3,(H,38,40)(H,39,44)(H,42,45);4-6,8-14,17H,7,15-16,18H2,1-3H3,(H,32,33)(H,35,39)(H,37,38). The van der Waals surface area contributed by atoms with Gasteiger partial charge in [0.05, 0.1) is 69.4 Å². The Hall–Kier alpha value is -10.1. The van der Waals surface area contributed by atoms with Gasteiger partial charge in [0.25, 0.3) is 0 Å². The van der Waals surface area contributed by atoms with Crippen molar-refractivity contribution in [3.63, 3.8) is 0 Å². The van der Waals surface area contributed by atoms with Gasteiger partial charge in [0.1, 0.15) is 22.9 Å². The van der Waals surface area contributed by atoms with Crippen molar-refractivity contribution >= 4 is 52.8 Å². The molecule has 0 spiro atoms. The molecule has 3 amide bonds. The van der Waals surface area contributed by atoms with Crippen LogP contribution < -0.4 is 26.6 Å². The topological polar surface area (TPSA) is 229 Å². The first-order valence-electron chi connectivity index (χ1n) is 29.0. The van der Waals surface area contributed by atoms with Crippen LogP contribution in [0.2, 0.25) is 0 Å². The summed E-state index contributed by atoms with van der Waals surface area (Å²) in [6.45, 7) is 11.1. The molecule has 4 aliphatic rings. The molecule has 2 aliphatic carbocycles. The first kappa shape index (κ1) is 56.4. The van der Waals surface area contributed by atoms with E-state index >= 15 is 0 Å². The van der Waals surface area contributed by atoms with Gasteiger partial charge in [0.15, 0.2) is 11.6 Å². The summed E-state index contributed by atoms with van der Waals surface area (Å²) in [6.07, 6.45) is 7.80. The molecular formula is C68H67N11O7. The van der Waals surface area contributed by atoms with Gasteiger partial charge < -0.3 is 41.2 Å². The van der Waals surface area contributed by atoms with Crippen LogP contribution >= 0.6 is 0 Å². The highest BCUT2D eigenvalue weighted by molar-refractivity contribution is 5.94. The van der Waals surface area contributed by atoms with Crippen molar-refractivity contribution in [1.29, 1.82) is 0 Å². The van der Waals surface area contributed by atoms with E-state index in [9.17, 15) is 24.3 Å². The predicted molar refractivity (Wildman–Crippen MR) is 331 cm³/mol. The molecule has 0 atom stereocenters. The number of aromatic nitrogens is 6. The van der Waals surface area contributed by atoms with Crippen LogP contribution in [0.25, 0.3) is 56.7 Å². The molecule has 2 fully saturated rings. The lowest BCUT2D eigenvalue weighted by atomic mass is 9.71.